The van der Waals surface area contributed by atoms with Gasteiger partial charge in [0.2, 0.25) is 0 Å². The van der Waals surface area contributed by atoms with Gasteiger partial charge in [0.1, 0.15) is 0 Å². The van der Waals surface area contributed by atoms with Gasteiger partial charge in [-0.05, 0) is 0 Å². The Morgan fingerprint density at radius 3 is 1.22 bits per heavy atom. The molecule has 0 atom stereocenters. The van der Waals surface area contributed by atoms with Crippen LogP contribution in [0.5, 0.6) is 0 Å². The zero-order valence-corrected chi connectivity index (χ0v) is 20.9. The number of carbonyl (C=O) groups is 4. The summed E-state index contributed by atoms with van der Waals surface area (Å²) in [7, 11) is 0. The van der Waals surface area contributed by atoms with Gasteiger partial charge in [0.05, 0.1) is 0 Å². The fourth-order valence-electron chi connectivity index (χ4n) is 3.39. The van der Waals surface area contributed by atoms with Gasteiger partial charge in [-0.15, -0.1) is 0 Å². The normalized spacial score (nSPS) is 10.4. The minimum atomic E-state index is -1.05. The van der Waals surface area contributed by atoms with Crippen molar-refractivity contribution >= 4 is 59.0 Å². The third kappa shape index (κ3) is 6.29. The number of aromatic carboxylic acids is 2. The Kier molecular flexibility index (Phi) is 7.78. The van der Waals surface area contributed by atoms with Crippen LogP contribution in [0.3, 0.4) is 0 Å². The first-order valence-corrected chi connectivity index (χ1v) is 12.7. The first-order valence-electron chi connectivity index (χ1n) is 11.0. The topological polar surface area (TPSA) is 133 Å². The molecule has 4 rings (SSSR count). The Morgan fingerprint density at radius 2 is 0.865 bits per heavy atom. The molecule has 0 fully saturated rings. The van der Waals surface area contributed by atoms with E-state index in [4.69, 9.17) is 10.2 Å². The summed E-state index contributed by atoms with van der Waals surface area (Å²) in [5.74, 6) is -2.79. The van der Waals surface area contributed by atoms with Gasteiger partial charge in [-0.1, -0.05) is 0 Å². The van der Waals surface area contributed by atoms with E-state index >= 15 is 0 Å². The number of amides is 2. The van der Waals surface area contributed by atoms with Gasteiger partial charge in [0.25, 0.3) is 0 Å². The van der Waals surface area contributed by atoms with Crippen molar-refractivity contribution in [2.45, 2.75) is 0 Å². The first kappa shape index (κ1) is 25.4. The summed E-state index contributed by atoms with van der Waals surface area (Å²) in [6.45, 7) is 0. The molecule has 0 aromatic heterocycles. The van der Waals surface area contributed by atoms with Crippen molar-refractivity contribution in [2.75, 3.05) is 10.6 Å². The van der Waals surface area contributed by atoms with E-state index in [0.717, 1.165) is 8.92 Å². The van der Waals surface area contributed by atoms with Crippen LogP contribution in [0.4, 0.5) is 11.4 Å². The number of carbonyl (C=O) groups excluding carboxylic acids is 2. The summed E-state index contributed by atoms with van der Waals surface area (Å²) < 4.78 is 1.53. The van der Waals surface area contributed by atoms with Crippen LogP contribution in [0.25, 0.3) is 0 Å². The number of carboxylic acid groups (broad SMARTS) is 2. The zero-order chi connectivity index (χ0) is 26.4. The van der Waals surface area contributed by atoms with Crippen molar-refractivity contribution < 1.29 is 29.4 Å². The molecule has 0 saturated carbocycles. The monoisotopic (exact) mass is 560 g/mol. The van der Waals surface area contributed by atoms with Crippen LogP contribution in [-0.2, 0) is 0 Å². The fraction of sp³-hybridized carbons (Fsp3) is 0. The molecule has 0 heterocycles. The van der Waals surface area contributed by atoms with Crippen LogP contribution in [0, 0.1) is 0 Å². The van der Waals surface area contributed by atoms with E-state index in [2.05, 4.69) is 10.6 Å². The summed E-state index contributed by atoms with van der Waals surface area (Å²) in [6.07, 6.45) is 0. The maximum absolute atomic E-state index is 13.0. The molecule has 9 heteroatoms. The number of anilines is 2. The standard InChI is InChI=1S/C28H20N2O6Se/c31-25(29-19-13-9-17(10-14-19)27(33)34)21-5-1-3-7-23(21)37-24-8-4-2-6-22(24)26(32)30-20-15-11-18(12-16-20)28(35)36/h1-16H,(H,29,31)(H,30,32)(H,33,34)(H,35,36). The summed E-state index contributed by atoms with van der Waals surface area (Å²) in [4.78, 5) is 48.2. The van der Waals surface area contributed by atoms with Crippen molar-refractivity contribution in [3.8, 4) is 0 Å². The van der Waals surface area contributed by atoms with Crippen LogP contribution in [0.1, 0.15) is 41.4 Å². The predicted octanol–water partition coefficient (Wildman–Crippen LogP) is 3.24. The minimum absolute atomic E-state index is 0.120. The molecule has 4 N–H and O–H groups in total. The summed E-state index contributed by atoms with van der Waals surface area (Å²) in [6, 6.07) is 26.0. The van der Waals surface area contributed by atoms with Crippen molar-refractivity contribution in [2.24, 2.45) is 0 Å². The summed E-state index contributed by atoms with van der Waals surface area (Å²) in [5.41, 5.74) is 2.06. The molecule has 4 aromatic carbocycles. The Balaban J connectivity index is 1.53. The molecule has 0 aliphatic carbocycles. The second kappa shape index (κ2) is 11.3. The molecule has 4 aromatic rings. The summed E-state index contributed by atoms with van der Waals surface area (Å²) >= 11 is -0.401. The van der Waals surface area contributed by atoms with E-state index < -0.39 is 26.9 Å². The van der Waals surface area contributed by atoms with Crippen molar-refractivity contribution in [1.82, 2.24) is 0 Å². The van der Waals surface area contributed by atoms with E-state index in [0.29, 0.717) is 22.5 Å². The van der Waals surface area contributed by atoms with E-state index in [-0.39, 0.29) is 22.9 Å². The molecule has 0 spiro atoms. The Hall–Kier alpha value is -4.72. The average molecular weight is 559 g/mol. The number of carboxylic acids is 2. The van der Waals surface area contributed by atoms with Crippen LogP contribution < -0.4 is 19.6 Å². The number of hydrogen-bond acceptors (Lipinski definition) is 4. The van der Waals surface area contributed by atoms with E-state index in [1.54, 1.807) is 24.3 Å². The third-order valence-corrected chi connectivity index (χ3v) is 7.68. The predicted molar refractivity (Wildman–Crippen MR) is 141 cm³/mol. The average Bonchev–Trinajstić information content (AvgIpc) is 2.90. The Bertz CT molecular complexity index is 1370. The number of benzene rings is 4. The van der Waals surface area contributed by atoms with Gasteiger partial charge in [-0.25, -0.2) is 0 Å². The van der Waals surface area contributed by atoms with Crippen LogP contribution in [0.15, 0.2) is 97.1 Å². The Labute approximate surface area is 218 Å². The summed E-state index contributed by atoms with van der Waals surface area (Å²) in [5, 5.41) is 23.7. The van der Waals surface area contributed by atoms with Gasteiger partial charge in [0, 0.05) is 0 Å². The van der Waals surface area contributed by atoms with E-state index in [1.165, 1.54) is 48.5 Å². The molecular weight excluding hydrogens is 539 g/mol. The quantitative estimate of drug-likeness (QED) is 0.245. The SMILES string of the molecule is O=C(O)c1ccc(NC(=O)c2ccccc2[Se]c2ccccc2C(=O)Nc2ccc(C(=O)O)cc2)cc1. The molecule has 8 nitrogen and oxygen atoms in total. The van der Waals surface area contributed by atoms with Crippen molar-refractivity contribution in [1.29, 1.82) is 0 Å². The van der Waals surface area contributed by atoms with E-state index in [1.807, 2.05) is 24.3 Å². The van der Waals surface area contributed by atoms with Gasteiger partial charge in [-0.3, -0.25) is 0 Å². The Morgan fingerprint density at radius 1 is 0.514 bits per heavy atom. The second-order valence-corrected chi connectivity index (χ2v) is 10.0. The zero-order valence-electron chi connectivity index (χ0n) is 19.2. The van der Waals surface area contributed by atoms with Gasteiger partial charge >= 0.3 is 218 Å². The maximum atomic E-state index is 13.0. The number of nitrogens with one attached hydrogen (secondary N) is 2. The second-order valence-electron chi connectivity index (χ2n) is 7.77. The van der Waals surface area contributed by atoms with Crippen LogP contribution >= 0.6 is 0 Å². The molecule has 0 aliphatic heterocycles. The molecule has 0 radical (unpaired) electrons. The molecule has 0 saturated heterocycles. The molecular formula is C28H20N2O6Se. The molecule has 0 unspecified atom stereocenters. The number of hydrogen-bond donors (Lipinski definition) is 4. The molecule has 2 amide bonds. The van der Waals surface area contributed by atoms with Gasteiger partial charge in [0.15, 0.2) is 0 Å². The van der Waals surface area contributed by atoms with Crippen LogP contribution in [-0.4, -0.2) is 48.9 Å². The third-order valence-electron chi connectivity index (χ3n) is 5.26. The van der Waals surface area contributed by atoms with Crippen molar-refractivity contribution in [3.05, 3.63) is 119 Å². The van der Waals surface area contributed by atoms with Crippen LogP contribution in [0.2, 0.25) is 0 Å². The number of rotatable bonds is 8. The van der Waals surface area contributed by atoms with Gasteiger partial charge < -0.3 is 0 Å². The molecule has 0 aliphatic rings. The molecule has 184 valence electrons. The first-order chi connectivity index (χ1) is 17.8. The molecule has 37 heavy (non-hydrogen) atoms. The fourth-order valence-corrected chi connectivity index (χ4v) is 5.64. The van der Waals surface area contributed by atoms with E-state index in [9.17, 15) is 19.2 Å². The van der Waals surface area contributed by atoms with Gasteiger partial charge in [-0.2, -0.15) is 0 Å². The van der Waals surface area contributed by atoms with Crippen molar-refractivity contribution in [3.63, 3.8) is 0 Å². The molecule has 0 bridgehead atoms.